The van der Waals surface area contributed by atoms with Gasteiger partial charge in [0.05, 0.1) is 11.6 Å². The fourth-order valence-corrected chi connectivity index (χ4v) is 4.20. The van der Waals surface area contributed by atoms with E-state index >= 15 is 0 Å². The molecule has 3 N–H and O–H groups in total. The summed E-state index contributed by atoms with van der Waals surface area (Å²) in [4.78, 5) is 27.9. The van der Waals surface area contributed by atoms with E-state index in [1.54, 1.807) is 56.6 Å². The van der Waals surface area contributed by atoms with Crippen molar-refractivity contribution in [3.8, 4) is 23.4 Å². The zero-order chi connectivity index (χ0) is 28.4. The Balaban J connectivity index is 1.62. The first kappa shape index (κ1) is 26.6. The van der Waals surface area contributed by atoms with Gasteiger partial charge in [0.1, 0.15) is 23.2 Å². The molecule has 2 heterocycles. The molecule has 0 atom stereocenters. The molecule has 0 aliphatic carbocycles. The van der Waals surface area contributed by atoms with E-state index in [4.69, 9.17) is 37.2 Å². The van der Waals surface area contributed by atoms with Gasteiger partial charge in [-0.05, 0) is 48.9 Å². The summed E-state index contributed by atoms with van der Waals surface area (Å²) < 4.78 is 14.1. The van der Waals surface area contributed by atoms with Crippen LogP contribution in [-0.4, -0.2) is 50.3 Å². The summed E-state index contributed by atoms with van der Waals surface area (Å²) in [5, 5.41) is 8.04. The molecule has 5 aromatic rings. The quantitative estimate of drug-likeness (QED) is 0.193. The number of rotatable bonds is 8. The van der Waals surface area contributed by atoms with Crippen molar-refractivity contribution in [1.82, 2.24) is 24.4 Å². The van der Waals surface area contributed by atoms with Crippen LogP contribution in [0.2, 0.25) is 5.02 Å². The van der Waals surface area contributed by atoms with Crippen molar-refractivity contribution in [3.05, 3.63) is 100 Å². The fraction of sp³-hybridized carbons (Fsp3) is 0.138. The van der Waals surface area contributed by atoms with E-state index in [1.807, 2.05) is 41.8 Å². The van der Waals surface area contributed by atoms with Gasteiger partial charge in [0.15, 0.2) is 11.2 Å². The van der Waals surface area contributed by atoms with Crippen LogP contribution in [0.4, 0.5) is 0 Å². The van der Waals surface area contributed by atoms with Crippen molar-refractivity contribution in [2.75, 3.05) is 14.1 Å². The molecule has 0 unspecified atom stereocenters. The number of carbonyl (C=O) groups excluding carboxylic acids is 1. The zero-order valence-electron chi connectivity index (χ0n) is 22.1. The normalized spacial score (nSPS) is 10.9. The number of fused-ring (bicyclic) bond motifs is 1. The minimum Gasteiger partial charge on any atom is -0.437 e. The van der Waals surface area contributed by atoms with Gasteiger partial charge < -0.3 is 24.7 Å². The summed E-state index contributed by atoms with van der Waals surface area (Å²) in [5.41, 5.74) is 8.52. The summed E-state index contributed by atoms with van der Waals surface area (Å²) in [7, 11) is 3.36. The van der Waals surface area contributed by atoms with E-state index in [1.165, 1.54) is 4.90 Å². The molecule has 0 spiro atoms. The van der Waals surface area contributed by atoms with E-state index in [9.17, 15) is 4.79 Å². The van der Waals surface area contributed by atoms with Crippen LogP contribution in [0, 0.1) is 12.3 Å². The second-order valence-electron chi connectivity index (χ2n) is 9.20. The molecular weight excluding hydrogens is 530 g/mol. The van der Waals surface area contributed by atoms with Gasteiger partial charge >= 0.3 is 6.01 Å². The van der Waals surface area contributed by atoms with E-state index in [2.05, 4.69) is 9.97 Å². The van der Waals surface area contributed by atoms with Crippen molar-refractivity contribution in [2.45, 2.75) is 13.5 Å². The summed E-state index contributed by atoms with van der Waals surface area (Å²) in [6.07, 6.45) is 0. The summed E-state index contributed by atoms with van der Waals surface area (Å²) in [6, 6.07) is 21.4. The second-order valence-corrected chi connectivity index (χ2v) is 9.61. The van der Waals surface area contributed by atoms with Gasteiger partial charge in [0.2, 0.25) is 0 Å². The van der Waals surface area contributed by atoms with Gasteiger partial charge in [-0.2, -0.15) is 9.97 Å². The largest absolute Gasteiger partial charge is 0.437 e. The van der Waals surface area contributed by atoms with Crippen LogP contribution in [0.5, 0.6) is 23.4 Å². The van der Waals surface area contributed by atoms with E-state index in [0.717, 1.165) is 5.56 Å². The topological polar surface area (TPSA) is 132 Å². The van der Waals surface area contributed by atoms with Gasteiger partial charge in [-0.3, -0.25) is 10.2 Å². The maximum absolute atomic E-state index is 12.5. The molecule has 10 nitrogen and oxygen atoms in total. The summed E-state index contributed by atoms with van der Waals surface area (Å²) in [6.45, 7) is 2.38. The number of carbonyl (C=O) groups is 1. The van der Waals surface area contributed by atoms with Gasteiger partial charge in [-0.1, -0.05) is 48.0 Å². The molecule has 0 aliphatic heterocycles. The van der Waals surface area contributed by atoms with Crippen molar-refractivity contribution in [1.29, 1.82) is 5.41 Å². The molecule has 40 heavy (non-hydrogen) atoms. The molecule has 0 radical (unpaired) electrons. The highest BCUT2D eigenvalue weighted by atomic mass is 35.5. The number of hydrogen-bond donors (Lipinski definition) is 2. The van der Waals surface area contributed by atoms with Gasteiger partial charge in [-0.25, -0.2) is 4.98 Å². The number of nitrogens with two attached hydrogens (primary N) is 1. The lowest BCUT2D eigenvalue weighted by Crippen LogP contribution is -2.21. The predicted octanol–water partition coefficient (Wildman–Crippen LogP) is 5.41. The third-order valence-corrected chi connectivity index (χ3v) is 6.37. The Morgan fingerprint density at radius 1 is 0.975 bits per heavy atom. The van der Waals surface area contributed by atoms with E-state index in [-0.39, 0.29) is 29.4 Å². The molecule has 0 bridgehead atoms. The van der Waals surface area contributed by atoms with Crippen LogP contribution in [0.3, 0.4) is 0 Å². The Labute approximate surface area is 235 Å². The number of nitrogens with zero attached hydrogens (tertiary/aromatic N) is 5. The predicted molar refractivity (Wildman–Crippen MR) is 153 cm³/mol. The molecule has 2 aromatic heterocycles. The lowest BCUT2D eigenvalue weighted by atomic mass is 10.2. The lowest BCUT2D eigenvalue weighted by molar-refractivity contribution is 0.0827. The Bertz CT molecular complexity index is 1740. The molecule has 3 aromatic carbocycles. The van der Waals surface area contributed by atoms with Gasteiger partial charge in [0, 0.05) is 25.2 Å². The molecule has 1 amide bonds. The number of amidine groups is 1. The molecule has 0 saturated heterocycles. The number of aromatic nitrogens is 4. The number of nitrogen functional groups attached to an aromatic ring is 1. The SMILES string of the molecule is Cc1nc2c(Oc3cccc(C(=O)N(C)C)c3)nc(Oc3cc(C(=N)N)ccc3Cl)nc2n1Cc1ccccc1. The molecule has 0 fully saturated rings. The van der Waals surface area contributed by atoms with Crippen molar-refractivity contribution >= 4 is 34.5 Å². The zero-order valence-corrected chi connectivity index (χ0v) is 22.8. The number of aryl methyl sites for hydroxylation is 1. The number of benzene rings is 3. The van der Waals surface area contributed by atoms with Crippen LogP contribution >= 0.6 is 11.6 Å². The lowest BCUT2D eigenvalue weighted by Gasteiger charge is -2.13. The minimum atomic E-state index is -0.162. The second kappa shape index (κ2) is 11.0. The standard InChI is InChI=1S/C29H26ClN7O3/c1-17-33-24-26(37(17)16-18-8-5-4-6-9-18)34-29(40-23-15-19(25(31)32)12-13-22(23)30)35-27(24)39-21-11-7-10-20(14-21)28(38)36(2)3/h4-15H,16H2,1-3H3,(H3,31,32). The van der Waals surface area contributed by atoms with Crippen LogP contribution in [-0.2, 0) is 6.54 Å². The fourth-order valence-electron chi connectivity index (χ4n) is 4.05. The number of halogens is 1. The van der Waals surface area contributed by atoms with Crippen LogP contribution in [0.25, 0.3) is 11.2 Å². The molecule has 11 heteroatoms. The summed E-state index contributed by atoms with van der Waals surface area (Å²) in [5.74, 6) is 1.16. The number of amides is 1. The first-order valence-electron chi connectivity index (χ1n) is 12.3. The Morgan fingerprint density at radius 2 is 1.75 bits per heavy atom. The maximum Gasteiger partial charge on any atom is 0.327 e. The first-order chi connectivity index (χ1) is 19.2. The molecule has 202 valence electrons. The monoisotopic (exact) mass is 555 g/mol. The number of hydrogen-bond acceptors (Lipinski definition) is 7. The van der Waals surface area contributed by atoms with Crippen molar-refractivity contribution in [3.63, 3.8) is 0 Å². The van der Waals surface area contributed by atoms with Gasteiger partial charge in [-0.15, -0.1) is 0 Å². The average Bonchev–Trinajstić information content (AvgIpc) is 3.25. The van der Waals surface area contributed by atoms with Crippen LogP contribution in [0.1, 0.15) is 27.3 Å². The maximum atomic E-state index is 12.5. The van der Waals surface area contributed by atoms with Crippen molar-refractivity contribution < 1.29 is 14.3 Å². The Morgan fingerprint density at radius 3 is 2.48 bits per heavy atom. The first-order valence-corrected chi connectivity index (χ1v) is 12.7. The van der Waals surface area contributed by atoms with Crippen molar-refractivity contribution in [2.24, 2.45) is 5.73 Å². The number of ether oxygens (including phenoxy) is 2. The highest BCUT2D eigenvalue weighted by Crippen LogP contribution is 2.34. The summed E-state index contributed by atoms with van der Waals surface area (Å²) >= 11 is 6.38. The molecule has 0 saturated carbocycles. The molecular formula is C29H26ClN7O3. The molecule has 0 aliphatic rings. The average molecular weight is 556 g/mol. The smallest absolute Gasteiger partial charge is 0.327 e. The third-order valence-electron chi connectivity index (χ3n) is 6.06. The molecule has 5 rings (SSSR count). The highest BCUT2D eigenvalue weighted by Gasteiger charge is 2.21. The van der Waals surface area contributed by atoms with Gasteiger partial charge in [0.25, 0.3) is 11.8 Å². The third kappa shape index (κ3) is 5.57. The Hall–Kier alpha value is -4.96. The highest BCUT2D eigenvalue weighted by molar-refractivity contribution is 6.32. The van der Waals surface area contributed by atoms with E-state index in [0.29, 0.717) is 45.4 Å². The van der Waals surface area contributed by atoms with Crippen LogP contribution < -0.4 is 15.2 Å². The van der Waals surface area contributed by atoms with Crippen LogP contribution in [0.15, 0.2) is 72.8 Å². The minimum absolute atomic E-state index is 0.0418. The number of nitrogens with one attached hydrogen (secondary N) is 1. The van der Waals surface area contributed by atoms with E-state index < -0.39 is 0 Å². The Kier molecular flexibility index (Phi) is 7.35. The number of imidazole rings is 1.